The van der Waals surface area contributed by atoms with E-state index in [0.717, 1.165) is 6.42 Å². The Balaban J connectivity index is 1.43. The summed E-state index contributed by atoms with van der Waals surface area (Å²) in [7, 11) is 0. The van der Waals surface area contributed by atoms with Crippen LogP contribution in [0.5, 0.6) is 11.5 Å². The number of anilines is 1. The first-order valence-corrected chi connectivity index (χ1v) is 13.4. The van der Waals surface area contributed by atoms with Crippen LogP contribution in [0.2, 0.25) is 0 Å². The molecule has 37 heavy (non-hydrogen) atoms. The van der Waals surface area contributed by atoms with Crippen molar-refractivity contribution in [1.82, 2.24) is 0 Å². The molecule has 4 aromatic rings. The summed E-state index contributed by atoms with van der Waals surface area (Å²) in [6.07, 6.45) is 10.0. The number of ketones is 2. The van der Waals surface area contributed by atoms with Gasteiger partial charge in [0.25, 0.3) is 0 Å². The third kappa shape index (κ3) is 4.89. The summed E-state index contributed by atoms with van der Waals surface area (Å²) >= 11 is 0. The minimum Gasteiger partial charge on any atom is -0.456 e. The summed E-state index contributed by atoms with van der Waals surface area (Å²) in [4.78, 5) is 27.1. The Labute approximate surface area is 218 Å². The van der Waals surface area contributed by atoms with Crippen molar-refractivity contribution >= 4 is 28.0 Å². The van der Waals surface area contributed by atoms with E-state index in [4.69, 9.17) is 10.5 Å². The topological polar surface area (TPSA) is 69.4 Å². The Hall–Kier alpha value is -3.92. The van der Waals surface area contributed by atoms with Crippen LogP contribution in [0.4, 0.5) is 5.69 Å². The number of benzene rings is 4. The molecule has 1 aliphatic rings. The number of nitrogen functional groups attached to an aromatic ring is 1. The van der Waals surface area contributed by atoms with Gasteiger partial charge in [-0.1, -0.05) is 106 Å². The van der Waals surface area contributed by atoms with Gasteiger partial charge in [0.05, 0.1) is 16.8 Å². The van der Waals surface area contributed by atoms with Gasteiger partial charge >= 0.3 is 0 Å². The zero-order valence-electron chi connectivity index (χ0n) is 21.4. The van der Waals surface area contributed by atoms with E-state index < -0.39 is 0 Å². The second-order valence-electron chi connectivity index (χ2n) is 9.86. The quantitative estimate of drug-likeness (QED) is 0.158. The standard InChI is InChI=1S/C33H33NO3/c1-2-3-4-5-6-7-8-13-22-18-20-23(21-19-22)37-33-27-17-12-9-14-24(27)30(34)28-29(33)32(36)26-16-11-10-15-25(26)31(28)35/h9-12,14-21H,2-8,13,34H2,1H3. The third-order valence-corrected chi connectivity index (χ3v) is 7.29. The van der Waals surface area contributed by atoms with E-state index in [1.165, 1.54) is 50.5 Å². The number of carbonyl (C=O) groups excluding carboxylic acids is 2. The number of aryl methyl sites for hydroxylation is 1. The minimum atomic E-state index is -0.247. The molecule has 0 unspecified atom stereocenters. The molecular formula is C33H33NO3. The van der Waals surface area contributed by atoms with Crippen LogP contribution in [0.15, 0.2) is 72.8 Å². The molecule has 0 spiro atoms. The van der Waals surface area contributed by atoms with Crippen LogP contribution in [0.25, 0.3) is 10.8 Å². The normalized spacial score (nSPS) is 12.5. The molecule has 1 aliphatic carbocycles. The van der Waals surface area contributed by atoms with E-state index in [1.54, 1.807) is 24.3 Å². The van der Waals surface area contributed by atoms with E-state index >= 15 is 0 Å². The molecular weight excluding hydrogens is 458 g/mol. The first-order chi connectivity index (χ1) is 18.1. The fourth-order valence-electron chi connectivity index (χ4n) is 5.27. The van der Waals surface area contributed by atoms with Crippen LogP contribution < -0.4 is 10.5 Å². The molecule has 0 radical (unpaired) electrons. The van der Waals surface area contributed by atoms with Gasteiger partial charge < -0.3 is 10.5 Å². The Morgan fingerprint density at radius 2 is 1.22 bits per heavy atom. The summed E-state index contributed by atoms with van der Waals surface area (Å²) in [6.45, 7) is 2.24. The van der Waals surface area contributed by atoms with Gasteiger partial charge in [-0.3, -0.25) is 9.59 Å². The first-order valence-electron chi connectivity index (χ1n) is 13.4. The zero-order chi connectivity index (χ0) is 25.8. The van der Waals surface area contributed by atoms with Gasteiger partial charge in [0, 0.05) is 21.9 Å². The molecule has 0 aromatic heterocycles. The van der Waals surface area contributed by atoms with Crippen LogP contribution in [0, 0.1) is 0 Å². The van der Waals surface area contributed by atoms with Gasteiger partial charge in [-0.25, -0.2) is 0 Å². The molecule has 0 fully saturated rings. The second-order valence-corrected chi connectivity index (χ2v) is 9.86. The summed E-state index contributed by atoms with van der Waals surface area (Å²) in [6, 6.07) is 22.4. The molecule has 188 valence electrons. The largest absolute Gasteiger partial charge is 0.456 e. The highest BCUT2D eigenvalue weighted by Gasteiger charge is 2.36. The van der Waals surface area contributed by atoms with Gasteiger partial charge in [0.2, 0.25) is 0 Å². The molecule has 0 amide bonds. The highest BCUT2D eigenvalue weighted by molar-refractivity contribution is 6.33. The average molecular weight is 492 g/mol. The van der Waals surface area contributed by atoms with Crippen molar-refractivity contribution in [3.8, 4) is 11.5 Å². The lowest BCUT2D eigenvalue weighted by molar-refractivity contribution is 0.0978. The van der Waals surface area contributed by atoms with Crippen molar-refractivity contribution in [3.05, 3.63) is 101 Å². The third-order valence-electron chi connectivity index (χ3n) is 7.29. The van der Waals surface area contributed by atoms with Crippen LogP contribution in [-0.4, -0.2) is 11.6 Å². The first kappa shape index (κ1) is 24.8. The summed E-state index contributed by atoms with van der Waals surface area (Å²) in [5.74, 6) is 0.517. The summed E-state index contributed by atoms with van der Waals surface area (Å²) in [5.41, 5.74) is 9.31. The Bertz CT molecular complexity index is 1450. The monoisotopic (exact) mass is 491 g/mol. The van der Waals surface area contributed by atoms with E-state index in [-0.39, 0.29) is 22.7 Å². The maximum Gasteiger partial charge on any atom is 0.198 e. The fraction of sp³-hybridized carbons (Fsp3) is 0.273. The number of hydrogen-bond donors (Lipinski definition) is 1. The molecule has 4 aromatic carbocycles. The highest BCUT2D eigenvalue weighted by atomic mass is 16.5. The molecule has 0 bridgehead atoms. The lowest BCUT2D eigenvalue weighted by Crippen LogP contribution is -2.23. The Morgan fingerprint density at radius 3 is 1.89 bits per heavy atom. The SMILES string of the molecule is CCCCCCCCCc1ccc(Oc2c3c(c(N)c4ccccc24)C(=O)c2ccccc2C3=O)cc1. The number of carbonyl (C=O) groups is 2. The maximum absolute atomic E-state index is 13.7. The van der Waals surface area contributed by atoms with Crippen molar-refractivity contribution in [1.29, 1.82) is 0 Å². The van der Waals surface area contributed by atoms with Gasteiger partial charge in [0.1, 0.15) is 11.5 Å². The number of rotatable bonds is 10. The number of fused-ring (bicyclic) bond motifs is 3. The molecule has 0 atom stereocenters. The van der Waals surface area contributed by atoms with Crippen LogP contribution in [0.1, 0.15) is 89.3 Å². The smallest absolute Gasteiger partial charge is 0.198 e. The van der Waals surface area contributed by atoms with Crippen LogP contribution in [0.3, 0.4) is 0 Å². The predicted octanol–water partition coefficient (Wildman–Crippen LogP) is 8.28. The number of hydrogen-bond acceptors (Lipinski definition) is 4. The summed E-state index contributed by atoms with van der Waals surface area (Å²) < 4.78 is 6.39. The predicted molar refractivity (Wildman–Crippen MR) is 150 cm³/mol. The van der Waals surface area contributed by atoms with E-state index in [0.29, 0.717) is 39.1 Å². The molecule has 0 heterocycles. The lowest BCUT2D eigenvalue weighted by Gasteiger charge is -2.24. The molecule has 0 saturated carbocycles. The summed E-state index contributed by atoms with van der Waals surface area (Å²) in [5, 5.41) is 1.42. The molecule has 0 saturated heterocycles. The Kier molecular flexibility index (Phi) is 7.36. The van der Waals surface area contributed by atoms with Gasteiger partial charge in [-0.2, -0.15) is 0 Å². The molecule has 0 aliphatic heterocycles. The molecule has 2 N–H and O–H groups in total. The van der Waals surface area contributed by atoms with E-state index in [2.05, 4.69) is 19.1 Å². The Morgan fingerprint density at radius 1 is 0.649 bits per heavy atom. The van der Waals surface area contributed by atoms with E-state index in [1.807, 2.05) is 36.4 Å². The van der Waals surface area contributed by atoms with Gasteiger partial charge in [-0.15, -0.1) is 0 Å². The second kappa shape index (κ2) is 11.0. The van der Waals surface area contributed by atoms with Crippen molar-refractivity contribution in [3.63, 3.8) is 0 Å². The van der Waals surface area contributed by atoms with Crippen molar-refractivity contribution in [2.75, 3.05) is 5.73 Å². The minimum absolute atomic E-state index is 0.230. The van der Waals surface area contributed by atoms with Crippen molar-refractivity contribution in [2.24, 2.45) is 0 Å². The average Bonchev–Trinajstić information content (AvgIpc) is 2.93. The molecule has 4 nitrogen and oxygen atoms in total. The fourth-order valence-corrected chi connectivity index (χ4v) is 5.27. The van der Waals surface area contributed by atoms with Gasteiger partial charge in [0.15, 0.2) is 11.6 Å². The number of nitrogens with two attached hydrogens (primary N) is 1. The van der Waals surface area contributed by atoms with Gasteiger partial charge in [-0.05, 0) is 30.5 Å². The molecule has 5 rings (SSSR count). The zero-order valence-corrected chi connectivity index (χ0v) is 21.4. The maximum atomic E-state index is 13.7. The van der Waals surface area contributed by atoms with Crippen molar-refractivity contribution in [2.45, 2.75) is 58.3 Å². The lowest BCUT2D eigenvalue weighted by atomic mass is 9.81. The van der Waals surface area contributed by atoms with Crippen LogP contribution in [-0.2, 0) is 6.42 Å². The molecule has 4 heteroatoms. The van der Waals surface area contributed by atoms with Crippen LogP contribution >= 0.6 is 0 Å². The highest BCUT2D eigenvalue weighted by Crippen LogP contribution is 2.44. The number of ether oxygens (including phenoxy) is 1. The number of unbranched alkanes of at least 4 members (excludes halogenated alkanes) is 6. The van der Waals surface area contributed by atoms with Crippen molar-refractivity contribution < 1.29 is 14.3 Å². The van der Waals surface area contributed by atoms with E-state index in [9.17, 15) is 9.59 Å².